The molecule has 2 atom stereocenters. The molecule has 1 fully saturated rings. The standard InChI is InChI=1S/C25H29N5O3/c1-16-14-26-11-9-18(16)25(33)29-13-10-20-19(15-29)23(31)28-22(27-20)21-8-5-12-30(21)24(32)17-6-3-2-4-7-17/h2-3,9,11,14,17,21H,4-8,10,12-13,15H2,1H3,(H,27,28,31)/t17-,21-/m1/s1. The largest absolute Gasteiger partial charge is 0.334 e. The number of aromatic amines is 1. The van der Waals surface area contributed by atoms with Gasteiger partial charge in [0.05, 0.1) is 23.8 Å². The third-order valence-electron chi connectivity index (χ3n) is 7.09. The Bertz CT molecular complexity index is 1170. The van der Waals surface area contributed by atoms with Crippen LogP contribution in [-0.2, 0) is 17.8 Å². The number of likely N-dealkylation sites (tertiary alicyclic amines) is 1. The van der Waals surface area contributed by atoms with Gasteiger partial charge in [-0.1, -0.05) is 12.2 Å². The average Bonchev–Trinajstić information content (AvgIpc) is 3.34. The lowest BCUT2D eigenvalue weighted by Gasteiger charge is -2.31. The van der Waals surface area contributed by atoms with E-state index in [2.05, 4.69) is 22.1 Å². The molecule has 0 spiro atoms. The molecule has 4 heterocycles. The highest BCUT2D eigenvalue weighted by molar-refractivity contribution is 5.95. The molecule has 2 amide bonds. The minimum atomic E-state index is -0.209. The smallest absolute Gasteiger partial charge is 0.256 e. The highest BCUT2D eigenvalue weighted by Gasteiger charge is 2.36. The van der Waals surface area contributed by atoms with Gasteiger partial charge in [-0.15, -0.1) is 0 Å². The van der Waals surface area contributed by atoms with E-state index in [9.17, 15) is 14.4 Å². The Morgan fingerprint density at radius 1 is 1.18 bits per heavy atom. The lowest BCUT2D eigenvalue weighted by molar-refractivity contribution is -0.136. The van der Waals surface area contributed by atoms with Crippen LogP contribution in [0.15, 0.2) is 35.4 Å². The van der Waals surface area contributed by atoms with E-state index in [0.717, 1.165) is 43.4 Å². The van der Waals surface area contributed by atoms with Gasteiger partial charge in [0.15, 0.2) is 0 Å². The molecule has 33 heavy (non-hydrogen) atoms. The van der Waals surface area contributed by atoms with Crippen molar-refractivity contribution < 1.29 is 9.59 Å². The van der Waals surface area contributed by atoms with Gasteiger partial charge in [0, 0.05) is 43.4 Å². The molecule has 8 nitrogen and oxygen atoms in total. The zero-order chi connectivity index (χ0) is 22.9. The van der Waals surface area contributed by atoms with E-state index < -0.39 is 0 Å². The van der Waals surface area contributed by atoms with Gasteiger partial charge in [0.2, 0.25) is 5.91 Å². The van der Waals surface area contributed by atoms with Crippen molar-refractivity contribution in [3.63, 3.8) is 0 Å². The summed E-state index contributed by atoms with van der Waals surface area (Å²) in [6, 6.07) is 1.53. The number of carbonyl (C=O) groups excluding carboxylic acids is 2. The molecule has 0 saturated carbocycles. The Balaban J connectivity index is 1.36. The molecule has 1 N–H and O–H groups in total. The monoisotopic (exact) mass is 447 g/mol. The van der Waals surface area contributed by atoms with Gasteiger partial charge in [-0.2, -0.15) is 0 Å². The summed E-state index contributed by atoms with van der Waals surface area (Å²) in [6.07, 6.45) is 12.4. The molecule has 2 aliphatic heterocycles. The Kier molecular flexibility index (Phi) is 5.83. The first-order valence-electron chi connectivity index (χ1n) is 11.8. The summed E-state index contributed by atoms with van der Waals surface area (Å²) < 4.78 is 0. The van der Waals surface area contributed by atoms with Crippen molar-refractivity contribution in [2.24, 2.45) is 5.92 Å². The second kappa shape index (κ2) is 8.92. The van der Waals surface area contributed by atoms with Crippen molar-refractivity contribution in [2.45, 2.75) is 58.0 Å². The minimum Gasteiger partial charge on any atom is -0.334 e. The van der Waals surface area contributed by atoms with E-state index in [0.29, 0.717) is 36.5 Å². The van der Waals surface area contributed by atoms with E-state index in [4.69, 9.17) is 4.98 Å². The molecule has 2 aromatic heterocycles. The van der Waals surface area contributed by atoms with Gasteiger partial charge < -0.3 is 14.8 Å². The molecule has 2 aromatic rings. The van der Waals surface area contributed by atoms with Crippen LogP contribution in [0.4, 0.5) is 0 Å². The molecule has 1 saturated heterocycles. The number of allylic oxidation sites excluding steroid dienone is 2. The van der Waals surface area contributed by atoms with Crippen LogP contribution >= 0.6 is 0 Å². The van der Waals surface area contributed by atoms with E-state index in [1.165, 1.54) is 0 Å². The lowest BCUT2D eigenvalue weighted by atomic mass is 9.93. The van der Waals surface area contributed by atoms with Crippen LogP contribution in [0, 0.1) is 12.8 Å². The fourth-order valence-electron chi connectivity index (χ4n) is 5.23. The predicted molar refractivity (Wildman–Crippen MR) is 122 cm³/mol. The molecule has 172 valence electrons. The van der Waals surface area contributed by atoms with Crippen LogP contribution in [0.5, 0.6) is 0 Å². The summed E-state index contributed by atoms with van der Waals surface area (Å²) in [5.74, 6) is 0.682. The third-order valence-corrected chi connectivity index (χ3v) is 7.09. The number of pyridine rings is 1. The molecule has 8 heteroatoms. The molecule has 5 rings (SSSR count). The fraction of sp³-hybridized carbons (Fsp3) is 0.480. The molecule has 0 aromatic carbocycles. The van der Waals surface area contributed by atoms with Crippen molar-refractivity contribution in [3.05, 3.63) is 69.2 Å². The lowest BCUT2D eigenvalue weighted by Crippen LogP contribution is -2.41. The first kappa shape index (κ1) is 21.6. The van der Waals surface area contributed by atoms with Gasteiger partial charge in [-0.3, -0.25) is 19.4 Å². The van der Waals surface area contributed by atoms with Crippen molar-refractivity contribution in [1.82, 2.24) is 24.8 Å². The normalized spacial score (nSPS) is 22.3. The molecule has 3 aliphatic rings. The minimum absolute atomic E-state index is 0.0242. The first-order valence-corrected chi connectivity index (χ1v) is 11.8. The number of hydrogen-bond acceptors (Lipinski definition) is 5. The fourth-order valence-corrected chi connectivity index (χ4v) is 5.23. The molecule has 0 unspecified atom stereocenters. The number of aryl methyl sites for hydroxylation is 1. The maximum Gasteiger partial charge on any atom is 0.256 e. The molecule has 1 aliphatic carbocycles. The van der Waals surface area contributed by atoms with Crippen LogP contribution in [0.2, 0.25) is 0 Å². The van der Waals surface area contributed by atoms with Crippen LogP contribution in [0.25, 0.3) is 0 Å². The van der Waals surface area contributed by atoms with E-state index in [1.807, 2.05) is 11.8 Å². The highest BCUT2D eigenvalue weighted by Crippen LogP contribution is 2.33. The number of rotatable bonds is 3. The molecule has 0 radical (unpaired) electrons. The Labute approximate surface area is 192 Å². The Hall–Kier alpha value is -3.29. The Morgan fingerprint density at radius 3 is 2.85 bits per heavy atom. The summed E-state index contributed by atoms with van der Waals surface area (Å²) in [5, 5.41) is 0. The summed E-state index contributed by atoms with van der Waals surface area (Å²) in [5.41, 5.74) is 2.49. The quantitative estimate of drug-likeness (QED) is 0.730. The third kappa shape index (κ3) is 4.10. The van der Waals surface area contributed by atoms with Crippen LogP contribution in [-0.4, -0.2) is 49.7 Å². The van der Waals surface area contributed by atoms with E-state index in [1.54, 1.807) is 23.4 Å². The molecule has 0 bridgehead atoms. The summed E-state index contributed by atoms with van der Waals surface area (Å²) >= 11 is 0. The van der Waals surface area contributed by atoms with Gasteiger partial charge in [0.1, 0.15) is 5.82 Å². The number of nitrogens with one attached hydrogen (secondary N) is 1. The van der Waals surface area contributed by atoms with Crippen molar-refractivity contribution >= 4 is 11.8 Å². The van der Waals surface area contributed by atoms with Gasteiger partial charge in [0.25, 0.3) is 11.5 Å². The predicted octanol–water partition coefficient (Wildman–Crippen LogP) is 2.69. The number of hydrogen-bond donors (Lipinski definition) is 1. The number of carbonyl (C=O) groups is 2. The van der Waals surface area contributed by atoms with Gasteiger partial charge in [-0.05, 0) is 50.7 Å². The topological polar surface area (TPSA) is 99.3 Å². The van der Waals surface area contributed by atoms with Crippen molar-refractivity contribution in [3.8, 4) is 0 Å². The number of aromatic nitrogens is 3. The summed E-state index contributed by atoms with van der Waals surface area (Å²) in [6.45, 7) is 3.31. The SMILES string of the molecule is Cc1cnccc1C(=O)N1CCc2nc([C@H]3CCCN3C(=O)[C@@H]3CC=CCC3)[nH]c(=O)c2C1. The molecular weight excluding hydrogens is 418 g/mol. The maximum absolute atomic E-state index is 13.2. The zero-order valence-electron chi connectivity index (χ0n) is 18.9. The number of nitrogens with zero attached hydrogens (tertiary/aromatic N) is 4. The molecular formula is C25H29N5O3. The Morgan fingerprint density at radius 2 is 2.06 bits per heavy atom. The summed E-state index contributed by atoms with van der Waals surface area (Å²) in [7, 11) is 0. The number of fused-ring (bicyclic) bond motifs is 1. The van der Waals surface area contributed by atoms with E-state index >= 15 is 0 Å². The van der Waals surface area contributed by atoms with Crippen molar-refractivity contribution in [1.29, 1.82) is 0 Å². The van der Waals surface area contributed by atoms with E-state index in [-0.39, 0.29) is 35.9 Å². The number of H-pyrrole nitrogens is 1. The van der Waals surface area contributed by atoms with Crippen LogP contribution in [0.1, 0.15) is 71.1 Å². The average molecular weight is 448 g/mol. The first-order chi connectivity index (χ1) is 16.0. The van der Waals surface area contributed by atoms with Crippen LogP contribution < -0.4 is 5.56 Å². The van der Waals surface area contributed by atoms with Crippen molar-refractivity contribution in [2.75, 3.05) is 13.1 Å². The summed E-state index contributed by atoms with van der Waals surface area (Å²) in [4.78, 5) is 54.6. The van der Waals surface area contributed by atoms with Crippen LogP contribution in [0.3, 0.4) is 0 Å². The number of amides is 2. The second-order valence-electron chi connectivity index (χ2n) is 9.21. The second-order valence-corrected chi connectivity index (χ2v) is 9.21. The van der Waals surface area contributed by atoms with Gasteiger partial charge >= 0.3 is 0 Å². The van der Waals surface area contributed by atoms with Gasteiger partial charge in [-0.25, -0.2) is 4.98 Å². The maximum atomic E-state index is 13.2. The highest BCUT2D eigenvalue weighted by atomic mass is 16.2. The zero-order valence-corrected chi connectivity index (χ0v) is 18.9.